The molecule has 1 aromatic heterocycles. The molecule has 3 aromatic carbocycles. The average Bonchev–Trinajstić information content (AvgIpc) is 2.81. The molecular weight excluding hydrogens is 674 g/mol. The van der Waals surface area contributed by atoms with Crippen LogP contribution < -0.4 is 5.32 Å². The van der Waals surface area contributed by atoms with Crippen LogP contribution in [0.2, 0.25) is 20.5 Å². The van der Waals surface area contributed by atoms with Gasteiger partial charge in [0.2, 0.25) is 5.28 Å². The van der Waals surface area contributed by atoms with Gasteiger partial charge in [-0.2, -0.15) is 21.8 Å². The smallest absolute Gasteiger partial charge is 0.296 e. The van der Waals surface area contributed by atoms with Gasteiger partial charge in [-0.05, 0) is 59.5 Å². The number of nitrogens with one attached hydrogen (secondary N) is 1. The van der Waals surface area contributed by atoms with Crippen molar-refractivity contribution in [2.75, 3.05) is 5.32 Å². The van der Waals surface area contributed by atoms with Crippen LogP contribution >= 0.6 is 46.4 Å². The molecule has 1 heterocycles. The van der Waals surface area contributed by atoms with E-state index in [2.05, 4.69) is 25.5 Å². The van der Waals surface area contributed by atoms with Crippen LogP contribution in [-0.2, 0) is 20.2 Å². The molecule has 4 aromatic rings. The van der Waals surface area contributed by atoms with E-state index in [0.29, 0.717) is 5.69 Å². The zero-order chi connectivity index (χ0) is 28.0. The molecule has 20 heteroatoms. The molecule has 0 unspecified atom stereocenters. The third-order valence-corrected chi connectivity index (χ3v) is 7.71. The van der Waals surface area contributed by atoms with E-state index in [1.54, 1.807) is 0 Å². The van der Waals surface area contributed by atoms with E-state index in [-0.39, 0.29) is 96.2 Å². The maximum absolute atomic E-state index is 12.1. The number of nitrogens with zero attached hydrogens (tertiary/aromatic N) is 4. The normalized spacial score (nSPS) is 11.8. The molecule has 0 saturated carbocycles. The number of halogens is 4. The molecule has 0 saturated heterocycles. The predicted octanol–water partition coefficient (Wildman–Crippen LogP) is 5.84. The van der Waals surface area contributed by atoms with Crippen LogP contribution in [0.1, 0.15) is 0 Å². The number of fused-ring (bicyclic) bond motifs is 1. The second kappa shape index (κ2) is 13.7. The fourth-order valence-electron chi connectivity index (χ4n) is 3.22. The van der Waals surface area contributed by atoms with Crippen molar-refractivity contribution < 1.29 is 31.0 Å². The zero-order valence-corrected chi connectivity index (χ0v) is 28.8. The maximum Gasteiger partial charge on any atom is 0.296 e. The van der Waals surface area contributed by atoms with Gasteiger partial charge in [-0.15, -0.1) is 10.2 Å². The number of rotatable bonds is 6. The topological polar surface area (TPSA) is 191 Å². The number of azo groups is 1. The second-order valence-corrected chi connectivity index (χ2v) is 11.6. The minimum Gasteiger partial charge on any atom is -0.505 e. The Labute approximate surface area is 291 Å². The minimum atomic E-state index is -4.99. The molecule has 0 amide bonds. The van der Waals surface area contributed by atoms with Gasteiger partial charge in [0.15, 0.2) is 16.7 Å². The number of anilines is 2. The Morgan fingerprint density at radius 2 is 1.45 bits per heavy atom. The summed E-state index contributed by atoms with van der Waals surface area (Å²) in [5, 5.41) is 20.8. The summed E-state index contributed by atoms with van der Waals surface area (Å²) in [5.74, 6) is -0.669. The largest absolute Gasteiger partial charge is 0.505 e. The van der Waals surface area contributed by atoms with Crippen LogP contribution in [0.3, 0.4) is 0 Å². The molecule has 200 valence electrons. The Bertz CT molecular complexity index is 1880. The first-order valence-electron chi connectivity index (χ1n) is 9.76. The third kappa shape index (κ3) is 7.96. The van der Waals surface area contributed by atoms with Crippen molar-refractivity contribution in [1.82, 2.24) is 9.97 Å². The summed E-state index contributed by atoms with van der Waals surface area (Å²) in [6.45, 7) is 0. The molecule has 0 aliphatic heterocycles. The van der Waals surface area contributed by atoms with Crippen LogP contribution in [0.4, 0.5) is 22.9 Å². The molecule has 2 radical (unpaired) electrons. The van der Waals surface area contributed by atoms with E-state index in [9.17, 15) is 31.0 Å². The number of hydrogen-bond acceptors (Lipinski definition) is 10. The Morgan fingerprint density at radius 3 is 2.08 bits per heavy atom. The van der Waals surface area contributed by atoms with Gasteiger partial charge in [-0.1, -0.05) is 34.8 Å². The van der Waals surface area contributed by atoms with Crippen LogP contribution in [0.25, 0.3) is 10.8 Å². The Hall–Kier alpha value is -0.820. The summed E-state index contributed by atoms with van der Waals surface area (Å²) >= 11 is 23.6. The van der Waals surface area contributed by atoms with Crippen molar-refractivity contribution in [3.8, 4) is 5.75 Å². The fraction of sp³-hybridized carbons (Fsp3) is 0. The first kappa shape index (κ1) is 35.4. The number of phenolic OH excluding ortho intramolecular Hbond substituents is 1. The van der Waals surface area contributed by atoms with Gasteiger partial charge in [0.25, 0.3) is 20.2 Å². The van der Waals surface area contributed by atoms with Crippen LogP contribution in [0.5, 0.6) is 5.75 Å². The van der Waals surface area contributed by atoms with Gasteiger partial charge in [0, 0.05) is 75.2 Å². The Kier molecular flexibility index (Phi) is 12.1. The summed E-state index contributed by atoms with van der Waals surface area (Å²) in [6, 6.07) is 8.46. The Balaban J connectivity index is 0.00000280. The van der Waals surface area contributed by atoms with E-state index in [0.717, 1.165) is 18.2 Å². The molecule has 4 rings (SSSR count). The number of aromatic hydroxyl groups is 1. The van der Waals surface area contributed by atoms with Gasteiger partial charge < -0.3 is 10.4 Å². The van der Waals surface area contributed by atoms with Crippen molar-refractivity contribution in [3.05, 3.63) is 62.9 Å². The van der Waals surface area contributed by atoms with E-state index < -0.39 is 47.2 Å². The van der Waals surface area contributed by atoms with Gasteiger partial charge in [0.1, 0.15) is 26.2 Å². The first-order valence-corrected chi connectivity index (χ1v) is 14.2. The standard InChI is InChI=1S/C20H11Cl4N5O7S2.2Na/c21-9-1-4-12(13(7-9)37(31,32)33)28-29-16-14(38(34,35)36)6-8-5-10(2-3-11(8)17(16)30)25-19-15(22)18(23)26-20(24)27-19;;/h1-7,30H,(H,25,26,27)(H,31,32,33)(H,34,35,36);;. The van der Waals surface area contributed by atoms with E-state index >= 15 is 0 Å². The third-order valence-electron chi connectivity index (χ3n) is 4.83. The minimum absolute atomic E-state index is 0. The predicted molar refractivity (Wildman–Crippen MR) is 153 cm³/mol. The van der Waals surface area contributed by atoms with Crippen molar-refractivity contribution >= 4 is 159 Å². The molecule has 0 fully saturated rings. The summed E-state index contributed by atoms with van der Waals surface area (Å²) in [6.07, 6.45) is 0. The molecule has 0 spiro atoms. The molecule has 12 nitrogen and oxygen atoms in total. The first-order chi connectivity index (χ1) is 17.6. The molecule has 0 aliphatic rings. The second-order valence-electron chi connectivity index (χ2n) is 7.34. The fourth-order valence-corrected chi connectivity index (χ4v) is 5.27. The Morgan fingerprint density at radius 1 is 0.800 bits per heavy atom. The van der Waals surface area contributed by atoms with E-state index in [1.165, 1.54) is 24.3 Å². The molecule has 0 aliphatic carbocycles. The van der Waals surface area contributed by atoms with Crippen LogP contribution in [0, 0.1) is 0 Å². The van der Waals surface area contributed by atoms with Crippen molar-refractivity contribution in [2.45, 2.75) is 9.79 Å². The van der Waals surface area contributed by atoms with Gasteiger partial charge >= 0.3 is 0 Å². The quantitative estimate of drug-likeness (QED) is 0.0631. The number of benzene rings is 3. The van der Waals surface area contributed by atoms with Gasteiger partial charge in [-0.25, -0.2) is 4.98 Å². The van der Waals surface area contributed by atoms with Crippen LogP contribution in [-0.4, -0.2) is 100 Å². The summed E-state index contributed by atoms with van der Waals surface area (Å²) in [7, 11) is -9.78. The average molecular weight is 685 g/mol. The van der Waals surface area contributed by atoms with E-state index in [1.807, 2.05) is 0 Å². The van der Waals surface area contributed by atoms with Gasteiger partial charge in [0.05, 0.1) is 0 Å². The number of hydrogen-bond donors (Lipinski definition) is 4. The number of phenols is 1. The summed E-state index contributed by atoms with van der Waals surface area (Å²) in [5.41, 5.74) is -0.815. The molecule has 0 bridgehead atoms. The molecule has 4 N–H and O–H groups in total. The van der Waals surface area contributed by atoms with Crippen molar-refractivity contribution in [2.24, 2.45) is 10.2 Å². The van der Waals surface area contributed by atoms with Gasteiger partial charge in [-0.3, -0.25) is 9.11 Å². The van der Waals surface area contributed by atoms with Crippen molar-refractivity contribution in [1.29, 1.82) is 0 Å². The SMILES string of the molecule is O=S(=O)(O)c1cc(Cl)ccc1N=Nc1c(S(=O)(=O)O)cc2cc(Nc3nc(Cl)nc(Cl)c3Cl)ccc2c1O.[Na].[Na]. The van der Waals surface area contributed by atoms with E-state index in [4.69, 9.17) is 46.4 Å². The van der Waals surface area contributed by atoms with Crippen LogP contribution in [0.15, 0.2) is 62.5 Å². The van der Waals surface area contributed by atoms with Crippen molar-refractivity contribution in [3.63, 3.8) is 0 Å². The zero-order valence-electron chi connectivity index (χ0n) is 20.1. The number of aromatic nitrogens is 2. The molecular formula is C20H11Cl4N5Na2O7S2. The monoisotopic (exact) mass is 683 g/mol. The maximum atomic E-state index is 12.1. The summed E-state index contributed by atoms with van der Waals surface area (Å²) in [4.78, 5) is 6.05. The molecule has 40 heavy (non-hydrogen) atoms. The summed E-state index contributed by atoms with van der Waals surface area (Å²) < 4.78 is 66.9. The molecule has 0 atom stereocenters.